The van der Waals surface area contributed by atoms with Crippen LogP contribution in [0.2, 0.25) is 0 Å². The smallest absolute Gasteiger partial charge is 0.313 e. The predicted molar refractivity (Wildman–Crippen MR) is 48.9 cm³/mol. The zero-order valence-corrected chi connectivity index (χ0v) is 8.57. The molecule has 0 aromatic carbocycles. The molecule has 2 bridgehead atoms. The average Bonchev–Trinajstić information content (AvgIpc) is 2.18. The van der Waals surface area contributed by atoms with Crippen molar-refractivity contribution in [3.63, 3.8) is 0 Å². The molecule has 2 aliphatic rings. The Morgan fingerprint density at radius 3 is 2.08 bits per heavy atom. The topological polar surface area (TPSA) is 26.3 Å². The minimum atomic E-state index is -0.515. The van der Waals surface area contributed by atoms with Gasteiger partial charge in [0.15, 0.2) is 4.93 Å². The maximum atomic E-state index is 11.5. The highest BCUT2D eigenvalue weighted by Crippen LogP contribution is 2.66. The van der Waals surface area contributed by atoms with E-state index in [4.69, 9.17) is 4.74 Å². The van der Waals surface area contributed by atoms with E-state index in [0.29, 0.717) is 0 Å². The lowest BCUT2D eigenvalue weighted by molar-refractivity contribution is -0.153. The Morgan fingerprint density at radius 1 is 1.33 bits per heavy atom. The second-order valence-corrected chi connectivity index (χ2v) is 5.35. The molecule has 0 radical (unpaired) electrons. The summed E-state index contributed by atoms with van der Waals surface area (Å²) in [7, 11) is 0. The van der Waals surface area contributed by atoms with E-state index in [2.05, 4.69) is 26.5 Å². The van der Waals surface area contributed by atoms with E-state index in [1.807, 2.05) is 6.92 Å². The van der Waals surface area contributed by atoms with Gasteiger partial charge in [0.2, 0.25) is 0 Å². The van der Waals surface area contributed by atoms with Crippen molar-refractivity contribution in [2.75, 3.05) is 0 Å². The summed E-state index contributed by atoms with van der Waals surface area (Å²) in [5, 5.41) is 0. The third-order valence-electron chi connectivity index (χ3n) is 4.03. The SMILES string of the molecule is CC12CCC(S)(OC1=O)C2(C)C. The van der Waals surface area contributed by atoms with Crippen molar-refractivity contribution in [3.8, 4) is 0 Å². The molecule has 2 unspecified atom stereocenters. The number of hydrogen-bond donors (Lipinski definition) is 1. The summed E-state index contributed by atoms with van der Waals surface area (Å²) in [6, 6.07) is 0. The van der Waals surface area contributed by atoms with Gasteiger partial charge >= 0.3 is 5.97 Å². The van der Waals surface area contributed by atoms with Crippen molar-refractivity contribution in [1.82, 2.24) is 0 Å². The lowest BCUT2D eigenvalue weighted by atomic mass is 9.70. The van der Waals surface area contributed by atoms with Crippen LogP contribution in [-0.2, 0) is 9.53 Å². The van der Waals surface area contributed by atoms with E-state index in [0.717, 1.165) is 12.8 Å². The van der Waals surface area contributed by atoms with Crippen molar-refractivity contribution in [2.45, 2.75) is 38.5 Å². The zero-order chi connectivity index (χ0) is 9.20. The molecular formula is C9H14O2S. The van der Waals surface area contributed by atoms with Crippen LogP contribution in [0.15, 0.2) is 0 Å². The lowest BCUT2D eigenvalue weighted by Gasteiger charge is -2.32. The summed E-state index contributed by atoms with van der Waals surface area (Å²) in [6.07, 6.45) is 1.79. The van der Waals surface area contributed by atoms with E-state index in [-0.39, 0.29) is 16.8 Å². The molecule has 2 fully saturated rings. The number of esters is 1. The second kappa shape index (κ2) is 1.84. The summed E-state index contributed by atoms with van der Waals surface area (Å²) in [5.41, 5.74) is -0.449. The number of carbonyl (C=O) groups is 1. The molecule has 0 aromatic rings. The maximum absolute atomic E-state index is 11.5. The monoisotopic (exact) mass is 186 g/mol. The molecule has 0 aromatic heterocycles. The van der Waals surface area contributed by atoms with Crippen LogP contribution in [0.4, 0.5) is 0 Å². The summed E-state index contributed by atoms with van der Waals surface area (Å²) < 4.78 is 5.29. The molecule has 12 heavy (non-hydrogen) atoms. The van der Waals surface area contributed by atoms with Crippen LogP contribution in [0, 0.1) is 10.8 Å². The standard InChI is InChI=1S/C9H14O2S/c1-7(2)8(3)4-5-9(7,12)11-6(8)10/h12H,4-5H2,1-3H3. The molecule has 0 amide bonds. The minimum Gasteiger partial charge on any atom is -0.447 e. The summed E-state index contributed by atoms with van der Waals surface area (Å²) >= 11 is 4.47. The Kier molecular flexibility index (Phi) is 1.29. The van der Waals surface area contributed by atoms with Gasteiger partial charge in [0.05, 0.1) is 5.41 Å². The Morgan fingerprint density at radius 2 is 1.92 bits per heavy atom. The molecule has 0 spiro atoms. The first kappa shape index (κ1) is 8.42. The zero-order valence-electron chi connectivity index (χ0n) is 7.68. The van der Waals surface area contributed by atoms with Gasteiger partial charge in [-0.3, -0.25) is 4.79 Å². The Bertz CT molecular complexity index is 261. The van der Waals surface area contributed by atoms with E-state index in [1.165, 1.54) is 0 Å². The van der Waals surface area contributed by atoms with E-state index >= 15 is 0 Å². The first-order chi connectivity index (χ1) is 5.33. The number of thiol groups is 1. The molecule has 1 aliphatic carbocycles. The normalized spacial score (nSPS) is 49.5. The molecule has 1 saturated heterocycles. The van der Waals surface area contributed by atoms with Crippen LogP contribution >= 0.6 is 12.6 Å². The third kappa shape index (κ3) is 0.595. The van der Waals surface area contributed by atoms with E-state index in [9.17, 15) is 4.79 Å². The lowest BCUT2D eigenvalue weighted by Crippen LogP contribution is -2.36. The fraction of sp³-hybridized carbons (Fsp3) is 0.889. The van der Waals surface area contributed by atoms with Gasteiger partial charge in [-0.25, -0.2) is 0 Å². The second-order valence-electron chi connectivity index (χ2n) is 4.63. The van der Waals surface area contributed by atoms with Crippen LogP contribution in [0.3, 0.4) is 0 Å². The summed E-state index contributed by atoms with van der Waals surface area (Å²) in [4.78, 5) is 11.0. The number of fused-ring (bicyclic) bond motifs is 2. The first-order valence-corrected chi connectivity index (χ1v) is 4.74. The summed E-state index contributed by atoms with van der Waals surface area (Å²) in [5.74, 6) is -0.0752. The van der Waals surface area contributed by atoms with Gasteiger partial charge in [-0.2, -0.15) is 0 Å². The molecule has 2 nitrogen and oxygen atoms in total. The predicted octanol–water partition coefficient (Wildman–Crippen LogP) is 2.00. The van der Waals surface area contributed by atoms with Crippen LogP contribution in [0.5, 0.6) is 0 Å². The van der Waals surface area contributed by atoms with Crippen molar-refractivity contribution >= 4 is 18.6 Å². The van der Waals surface area contributed by atoms with Crippen molar-refractivity contribution in [2.24, 2.45) is 10.8 Å². The third-order valence-corrected chi connectivity index (χ3v) is 4.91. The quantitative estimate of drug-likeness (QED) is 0.462. The molecule has 68 valence electrons. The number of carbonyl (C=O) groups excluding carboxylic acids is 1. The highest BCUT2D eigenvalue weighted by Gasteiger charge is 2.71. The van der Waals surface area contributed by atoms with Gasteiger partial charge in [-0.1, -0.05) is 13.8 Å². The van der Waals surface area contributed by atoms with Gasteiger partial charge in [-0.15, -0.1) is 12.6 Å². The van der Waals surface area contributed by atoms with E-state index < -0.39 is 4.93 Å². The fourth-order valence-electron chi connectivity index (χ4n) is 2.28. The first-order valence-electron chi connectivity index (χ1n) is 4.29. The highest BCUT2D eigenvalue weighted by molar-refractivity contribution is 7.81. The minimum absolute atomic E-state index is 0.0752. The molecule has 3 heteroatoms. The number of ether oxygens (including phenoxy) is 1. The largest absolute Gasteiger partial charge is 0.447 e. The highest BCUT2D eigenvalue weighted by atomic mass is 32.1. The maximum Gasteiger partial charge on any atom is 0.313 e. The number of hydrogen-bond acceptors (Lipinski definition) is 3. The van der Waals surface area contributed by atoms with Crippen molar-refractivity contribution in [1.29, 1.82) is 0 Å². The van der Waals surface area contributed by atoms with Crippen LogP contribution < -0.4 is 0 Å². The fourth-order valence-corrected chi connectivity index (χ4v) is 2.72. The number of rotatable bonds is 0. The molecule has 2 atom stereocenters. The molecule has 1 aliphatic heterocycles. The molecule has 1 saturated carbocycles. The molecular weight excluding hydrogens is 172 g/mol. The van der Waals surface area contributed by atoms with Gasteiger partial charge < -0.3 is 4.74 Å². The van der Waals surface area contributed by atoms with E-state index in [1.54, 1.807) is 0 Å². The average molecular weight is 186 g/mol. The van der Waals surface area contributed by atoms with Crippen molar-refractivity contribution < 1.29 is 9.53 Å². The Balaban J connectivity index is 2.56. The van der Waals surface area contributed by atoms with Gasteiger partial charge in [0.25, 0.3) is 0 Å². The molecule has 2 rings (SSSR count). The van der Waals surface area contributed by atoms with Crippen LogP contribution in [0.1, 0.15) is 33.6 Å². The van der Waals surface area contributed by atoms with Crippen LogP contribution in [0.25, 0.3) is 0 Å². The van der Waals surface area contributed by atoms with Gasteiger partial charge in [0, 0.05) is 5.41 Å². The molecule has 0 N–H and O–H groups in total. The van der Waals surface area contributed by atoms with Gasteiger partial charge in [-0.05, 0) is 19.8 Å². The molecule has 1 heterocycles. The summed E-state index contributed by atoms with van der Waals surface area (Å²) in [6.45, 7) is 6.12. The Labute approximate surface area is 78.1 Å². The van der Waals surface area contributed by atoms with Gasteiger partial charge in [0.1, 0.15) is 0 Å². The van der Waals surface area contributed by atoms with Crippen molar-refractivity contribution in [3.05, 3.63) is 0 Å². The van der Waals surface area contributed by atoms with Crippen LogP contribution in [-0.4, -0.2) is 10.9 Å². The Hall–Kier alpha value is -0.180.